The first-order valence-electron chi connectivity index (χ1n) is 9.17. The number of fused-ring (bicyclic) bond motifs is 1. The molecule has 6 nitrogen and oxygen atoms in total. The Bertz CT molecular complexity index is 662. The first kappa shape index (κ1) is 19.9. The number of halogens is 1. The number of pyridine rings is 1. The topological polar surface area (TPSA) is 66.6 Å². The lowest BCUT2D eigenvalue weighted by atomic mass is 10.0. The van der Waals surface area contributed by atoms with Gasteiger partial charge in [0.2, 0.25) is 0 Å². The molecule has 0 radical (unpaired) electrons. The van der Waals surface area contributed by atoms with Crippen molar-refractivity contribution in [1.29, 1.82) is 0 Å². The predicted octanol–water partition coefficient (Wildman–Crippen LogP) is 3.37. The SMILES string of the molecule is CCNC(=NCc1nnc2ccccn12)NCCCC1CCCC1.I. The molecule has 1 fully saturated rings. The fourth-order valence-corrected chi connectivity index (χ4v) is 3.39. The molecule has 1 aliphatic carbocycles. The van der Waals surface area contributed by atoms with Crippen LogP contribution in [0.3, 0.4) is 0 Å². The van der Waals surface area contributed by atoms with Crippen LogP contribution in [0.25, 0.3) is 5.65 Å². The molecule has 0 spiro atoms. The number of aromatic nitrogens is 3. The summed E-state index contributed by atoms with van der Waals surface area (Å²) in [5.74, 6) is 2.67. The summed E-state index contributed by atoms with van der Waals surface area (Å²) in [5.41, 5.74) is 0.859. The molecule has 25 heavy (non-hydrogen) atoms. The van der Waals surface area contributed by atoms with Gasteiger partial charge in [0.1, 0.15) is 6.54 Å². The predicted molar refractivity (Wildman–Crippen MR) is 112 cm³/mol. The van der Waals surface area contributed by atoms with Crippen molar-refractivity contribution in [1.82, 2.24) is 25.2 Å². The lowest BCUT2D eigenvalue weighted by Gasteiger charge is -2.12. The van der Waals surface area contributed by atoms with Gasteiger partial charge in [-0.2, -0.15) is 0 Å². The molecule has 3 rings (SSSR count). The number of nitrogens with zero attached hydrogens (tertiary/aromatic N) is 4. The van der Waals surface area contributed by atoms with Crippen molar-refractivity contribution in [3.63, 3.8) is 0 Å². The average Bonchev–Trinajstić information content (AvgIpc) is 3.26. The van der Waals surface area contributed by atoms with Crippen LogP contribution < -0.4 is 10.6 Å². The highest BCUT2D eigenvalue weighted by Crippen LogP contribution is 2.28. The van der Waals surface area contributed by atoms with Crippen LogP contribution in [-0.2, 0) is 6.54 Å². The summed E-state index contributed by atoms with van der Waals surface area (Å²) in [6, 6.07) is 5.90. The summed E-state index contributed by atoms with van der Waals surface area (Å²) in [7, 11) is 0. The summed E-state index contributed by atoms with van der Waals surface area (Å²) < 4.78 is 1.98. The number of hydrogen-bond acceptors (Lipinski definition) is 3. The van der Waals surface area contributed by atoms with E-state index in [-0.39, 0.29) is 24.0 Å². The van der Waals surface area contributed by atoms with E-state index in [1.165, 1.54) is 38.5 Å². The van der Waals surface area contributed by atoms with Crippen LogP contribution in [0.15, 0.2) is 29.4 Å². The fraction of sp³-hybridized carbons (Fsp3) is 0.611. The zero-order valence-corrected chi connectivity index (χ0v) is 17.3. The van der Waals surface area contributed by atoms with Crippen molar-refractivity contribution in [2.75, 3.05) is 13.1 Å². The maximum atomic E-state index is 4.65. The molecule has 0 unspecified atom stereocenters. The highest BCUT2D eigenvalue weighted by atomic mass is 127. The fourth-order valence-electron chi connectivity index (χ4n) is 3.39. The zero-order valence-electron chi connectivity index (χ0n) is 14.9. The van der Waals surface area contributed by atoms with Crippen LogP contribution in [0.5, 0.6) is 0 Å². The molecular formula is C18H29IN6. The molecule has 138 valence electrons. The molecule has 0 amide bonds. The molecule has 0 bridgehead atoms. The summed E-state index contributed by atoms with van der Waals surface area (Å²) in [6.07, 6.45) is 10.2. The van der Waals surface area contributed by atoms with Gasteiger partial charge in [-0.1, -0.05) is 31.7 Å². The van der Waals surface area contributed by atoms with Crippen LogP contribution in [0.4, 0.5) is 0 Å². The van der Waals surface area contributed by atoms with Crippen LogP contribution >= 0.6 is 24.0 Å². The van der Waals surface area contributed by atoms with Gasteiger partial charge in [0.25, 0.3) is 0 Å². The van der Waals surface area contributed by atoms with Gasteiger partial charge in [-0.25, -0.2) is 4.99 Å². The van der Waals surface area contributed by atoms with Crippen molar-refractivity contribution < 1.29 is 0 Å². The molecule has 0 saturated heterocycles. The Morgan fingerprint density at radius 1 is 1.24 bits per heavy atom. The second-order valence-electron chi connectivity index (χ2n) is 6.46. The third kappa shape index (κ3) is 5.83. The Labute approximate surface area is 166 Å². The number of nitrogens with one attached hydrogen (secondary N) is 2. The van der Waals surface area contributed by atoms with Gasteiger partial charge in [-0.15, -0.1) is 34.2 Å². The second kappa shape index (κ2) is 10.6. The Balaban J connectivity index is 0.00000225. The van der Waals surface area contributed by atoms with E-state index in [1.54, 1.807) is 0 Å². The van der Waals surface area contributed by atoms with E-state index in [1.807, 2.05) is 28.8 Å². The molecule has 1 aliphatic rings. The van der Waals surface area contributed by atoms with Gasteiger partial charge in [0.15, 0.2) is 17.4 Å². The highest BCUT2D eigenvalue weighted by molar-refractivity contribution is 14.0. The Hall–Kier alpha value is -1.38. The van der Waals surface area contributed by atoms with Crippen molar-refractivity contribution in [3.05, 3.63) is 30.2 Å². The monoisotopic (exact) mass is 456 g/mol. The third-order valence-electron chi connectivity index (χ3n) is 4.66. The molecule has 2 heterocycles. The molecule has 7 heteroatoms. The Morgan fingerprint density at radius 3 is 2.88 bits per heavy atom. The molecule has 2 N–H and O–H groups in total. The third-order valence-corrected chi connectivity index (χ3v) is 4.66. The van der Waals surface area contributed by atoms with Gasteiger partial charge in [0.05, 0.1) is 0 Å². The molecule has 2 aromatic heterocycles. The van der Waals surface area contributed by atoms with Crippen LogP contribution in [0.1, 0.15) is 51.3 Å². The van der Waals surface area contributed by atoms with E-state index in [2.05, 4.69) is 32.7 Å². The molecule has 1 saturated carbocycles. The first-order chi connectivity index (χ1) is 11.9. The highest BCUT2D eigenvalue weighted by Gasteiger charge is 2.14. The van der Waals surface area contributed by atoms with Crippen LogP contribution in [0, 0.1) is 5.92 Å². The van der Waals surface area contributed by atoms with Gasteiger partial charge < -0.3 is 10.6 Å². The van der Waals surface area contributed by atoms with Crippen molar-refractivity contribution in [2.24, 2.45) is 10.9 Å². The van der Waals surface area contributed by atoms with E-state index in [0.29, 0.717) is 6.54 Å². The van der Waals surface area contributed by atoms with Gasteiger partial charge >= 0.3 is 0 Å². The summed E-state index contributed by atoms with van der Waals surface area (Å²) in [6.45, 7) is 4.43. The average molecular weight is 456 g/mol. The normalized spacial score (nSPS) is 15.3. The van der Waals surface area contributed by atoms with Crippen LogP contribution in [0.2, 0.25) is 0 Å². The van der Waals surface area contributed by atoms with Crippen LogP contribution in [-0.4, -0.2) is 33.6 Å². The van der Waals surface area contributed by atoms with E-state index < -0.39 is 0 Å². The summed E-state index contributed by atoms with van der Waals surface area (Å²) in [4.78, 5) is 4.65. The largest absolute Gasteiger partial charge is 0.357 e. The molecule has 0 aliphatic heterocycles. The molecule has 2 aromatic rings. The quantitative estimate of drug-likeness (QED) is 0.290. The number of guanidine groups is 1. The van der Waals surface area contributed by atoms with E-state index in [0.717, 1.165) is 36.4 Å². The number of rotatable bonds is 7. The molecule has 0 atom stereocenters. The van der Waals surface area contributed by atoms with E-state index >= 15 is 0 Å². The van der Waals surface area contributed by atoms with Gasteiger partial charge in [0, 0.05) is 19.3 Å². The minimum absolute atomic E-state index is 0. The van der Waals surface area contributed by atoms with Gasteiger partial charge in [-0.05, 0) is 37.8 Å². The van der Waals surface area contributed by atoms with Crippen molar-refractivity contribution >= 4 is 35.6 Å². The lowest BCUT2D eigenvalue weighted by molar-refractivity contribution is 0.481. The van der Waals surface area contributed by atoms with E-state index in [4.69, 9.17) is 0 Å². The summed E-state index contributed by atoms with van der Waals surface area (Å²) >= 11 is 0. The first-order valence-corrected chi connectivity index (χ1v) is 9.17. The van der Waals surface area contributed by atoms with E-state index in [9.17, 15) is 0 Å². The smallest absolute Gasteiger partial charge is 0.191 e. The lowest BCUT2D eigenvalue weighted by Crippen LogP contribution is -2.37. The maximum absolute atomic E-state index is 4.65. The molecule has 0 aromatic carbocycles. The van der Waals surface area contributed by atoms with Crippen molar-refractivity contribution in [3.8, 4) is 0 Å². The minimum Gasteiger partial charge on any atom is -0.357 e. The zero-order chi connectivity index (χ0) is 16.6. The Morgan fingerprint density at radius 2 is 2.08 bits per heavy atom. The Kier molecular flexibility index (Phi) is 8.43. The standard InChI is InChI=1S/C18H28N6.HI/c1-2-19-18(20-12-7-10-15-8-3-4-9-15)21-14-17-23-22-16-11-5-6-13-24(16)17;/h5-6,11,13,15H,2-4,7-10,12,14H2,1H3,(H2,19,20,21);1H. The number of hydrogen-bond donors (Lipinski definition) is 2. The molecular weight excluding hydrogens is 427 g/mol. The minimum atomic E-state index is 0. The second-order valence-corrected chi connectivity index (χ2v) is 6.46. The van der Waals surface area contributed by atoms with Crippen molar-refractivity contribution in [2.45, 2.75) is 52.0 Å². The number of aliphatic imine (C=N–C) groups is 1. The maximum Gasteiger partial charge on any atom is 0.191 e. The van der Waals surface area contributed by atoms with Gasteiger partial charge in [-0.3, -0.25) is 4.40 Å². The summed E-state index contributed by atoms with van der Waals surface area (Å²) in [5, 5.41) is 15.1.